The van der Waals surface area contributed by atoms with Crippen LogP contribution >= 0.6 is 0 Å². The molecule has 0 aromatic carbocycles. The van der Waals surface area contributed by atoms with Gasteiger partial charge in [0.15, 0.2) is 5.78 Å². The zero-order chi connectivity index (χ0) is 48.5. The van der Waals surface area contributed by atoms with Gasteiger partial charge in [-0.15, -0.1) is 0 Å². The lowest BCUT2D eigenvalue weighted by Gasteiger charge is -2.50. The highest BCUT2D eigenvalue weighted by Crippen LogP contribution is 2.45. The minimum absolute atomic E-state index is 0.0155. The number of amides is 1. The van der Waals surface area contributed by atoms with Crippen LogP contribution in [0.4, 0.5) is 0 Å². The second-order valence-electron chi connectivity index (χ2n) is 19.7. The molecule has 0 aromatic heterocycles. The van der Waals surface area contributed by atoms with Crippen LogP contribution in [0.3, 0.4) is 0 Å². The van der Waals surface area contributed by atoms with E-state index in [-0.39, 0.29) is 42.5 Å². The quantitative estimate of drug-likeness (QED) is 0.139. The molecule has 4 fully saturated rings. The van der Waals surface area contributed by atoms with E-state index in [0.29, 0.717) is 76.3 Å². The van der Waals surface area contributed by atoms with Gasteiger partial charge in [0.05, 0.1) is 18.3 Å². The smallest absolute Gasteiger partial charge is 0.329 e. The number of aliphatic hydroxyl groups excluding tert-OH is 1. The molecule has 0 spiro atoms. The summed E-state index contributed by atoms with van der Waals surface area (Å²) in [6.07, 6.45) is 10.8. The maximum absolute atomic E-state index is 14.5. The molecule has 4 aliphatic heterocycles. The molecule has 0 aromatic rings. The molecule has 4 heterocycles. The Hall–Kier alpha value is -3.86. The topological polar surface area (TPSA) is 201 Å². The fourth-order valence-corrected chi connectivity index (χ4v) is 11.1. The average Bonchev–Trinajstić information content (AvgIpc) is 3.29. The number of hydrogen-bond donors (Lipinski definition) is 2. The predicted molar refractivity (Wildman–Crippen MR) is 243 cm³/mol. The van der Waals surface area contributed by atoms with Crippen LogP contribution in [0.1, 0.15) is 112 Å². The van der Waals surface area contributed by atoms with Crippen LogP contribution in [-0.4, -0.2) is 133 Å². The number of esters is 1. The van der Waals surface area contributed by atoms with Crippen molar-refractivity contribution >= 4 is 35.7 Å². The molecule has 0 radical (unpaired) electrons. The molecule has 3 saturated heterocycles. The maximum atomic E-state index is 14.5. The van der Waals surface area contributed by atoms with Crippen molar-refractivity contribution in [3.05, 3.63) is 47.6 Å². The van der Waals surface area contributed by atoms with Crippen molar-refractivity contribution in [3.63, 3.8) is 0 Å². The van der Waals surface area contributed by atoms with Gasteiger partial charge in [0.25, 0.3) is 18.2 Å². The fourth-order valence-electron chi connectivity index (χ4n) is 11.1. The van der Waals surface area contributed by atoms with Gasteiger partial charge in [0.1, 0.15) is 36.2 Å². The monoisotopic (exact) mass is 926 g/mol. The second-order valence-corrected chi connectivity index (χ2v) is 19.7. The highest BCUT2D eigenvalue weighted by molar-refractivity contribution is 6.39. The molecular formula is C51H75NO14. The number of piperidine rings is 1. The van der Waals surface area contributed by atoms with E-state index in [4.69, 9.17) is 28.4 Å². The first-order chi connectivity index (χ1) is 31.4. The number of ether oxygens (including phenoxy) is 6. The first-order valence-corrected chi connectivity index (χ1v) is 24.0. The van der Waals surface area contributed by atoms with Crippen molar-refractivity contribution in [2.75, 3.05) is 27.9 Å². The number of ketones is 3. The van der Waals surface area contributed by atoms with E-state index in [0.717, 1.165) is 5.57 Å². The van der Waals surface area contributed by atoms with E-state index >= 15 is 0 Å². The Labute approximate surface area is 390 Å². The minimum atomic E-state index is -2.45. The molecule has 368 valence electrons. The summed E-state index contributed by atoms with van der Waals surface area (Å²) in [6.45, 7) is 11.2. The van der Waals surface area contributed by atoms with Crippen LogP contribution < -0.4 is 0 Å². The molecule has 1 unspecified atom stereocenters. The molecule has 5 rings (SSSR count). The molecule has 1 aliphatic carbocycles. The van der Waals surface area contributed by atoms with Crippen molar-refractivity contribution in [2.24, 2.45) is 41.4 Å². The van der Waals surface area contributed by atoms with E-state index in [1.165, 1.54) is 12.0 Å². The number of Topliss-reactive ketones (excluding diaryl/α,β-unsaturated/α-hetero) is 3. The van der Waals surface area contributed by atoms with E-state index in [1.807, 2.05) is 51.2 Å². The lowest BCUT2D eigenvalue weighted by Crippen LogP contribution is -2.65. The van der Waals surface area contributed by atoms with Gasteiger partial charge >= 0.3 is 5.97 Å². The van der Waals surface area contributed by atoms with Crippen LogP contribution in [0.25, 0.3) is 0 Å². The number of carbonyl (C=O) groups excluding carboxylic acids is 6. The van der Waals surface area contributed by atoms with Crippen LogP contribution in [0, 0.1) is 41.4 Å². The third kappa shape index (κ3) is 12.4. The van der Waals surface area contributed by atoms with Gasteiger partial charge in [-0.25, -0.2) is 4.79 Å². The largest absolute Gasteiger partial charge is 0.462 e. The Morgan fingerprint density at radius 3 is 2.29 bits per heavy atom. The average molecular weight is 926 g/mol. The van der Waals surface area contributed by atoms with Gasteiger partial charge in [-0.2, -0.15) is 0 Å². The first-order valence-electron chi connectivity index (χ1n) is 24.0. The van der Waals surface area contributed by atoms with E-state index in [2.05, 4.69) is 0 Å². The van der Waals surface area contributed by atoms with E-state index < -0.39 is 95.7 Å². The Kier molecular flexibility index (Phi) is 19.2. The number of allylic oxidation sites excluding steroid dienone is 6. The van der Waals surface area contributed by atoms with Crippen LogP contribution in [0.2, 0.25) is 0 Å². The summed E-state index contributed by atoms with van der Waals surface area (Å²) in [5.74, 6) is -8.64. The lowest BCUT2D eigenvalue weighted by atomic mass is 9.68. The molecule has 6 bridgehead atoms. The summed E-state index contributed by atoms with van der Waals surface area (Å²) < 4.78 is 34.9. The number of nitrogens with zero attached hydrogens (tertiary/aromatic N) is 1. The molecule has 1 saturated carbocycles. The third-order valence-corrected chi connectivity index (χ3v) is 15.1. The number of carbonyl (C=O) groups is 6. The number of aliphatic hydroxyl groups is 2. The van der Waals surface area contributed by atoms with Crippen molar-refractivity contribution in [1.82, 2.24) is 4.90 Å². The van der Waals surface area contributed by atoms with Crippen molar-refractivity contribution < 1.29 is 67.4 Å². The molecule has 5 aliphatic rings. The van der Waals surface area contributed by atoms with E-state index in [1.54, 1.807) is 41.1 Å². The maximum Gasteiger partial charge on any atom is 0.329 e. The number of fused-ring (bicyclic) bond motifs is 3. The van der Waals surface area contributed by atoms with Crippen molar-refractivity contribution in [3.8, 4) is 0 Å². The Balaban J connectivity index is 1.51. The minimum Gasteiger partial charge on any atom is -0.462 e. The molecule has 1 amide bonds. The summed E-state index contributed by atoms with van der Waals surface area (Å²) >= 11 is 0. The van der Waals surface area contributed by atoms with Gasteiger partial charge in [0.2, 0.25) is 5.79 Å². The lowest BCUT2D eigenvalue weighted by molar-refractivity contribution is -0.266. The third-order valence-electron chi connectivity index (χ3n) is 15.1. The fraction of sp³-hybridized carbons (Fsp3) is 0.725. The Morgan fingerprint density at radius 1 is 0.864 bits per heavy atom. The highest BCUT2D eigenvalue weighted by Gasteiger charge is 2.57. The van der Waals surface area contributed by atoms with Crippen molar-refractivity contribution in [2.45, 2.75) is 167 Å². The van der Waals surface area contributed by atoms with Gasteiger partial charge in [-0.05, 0) is 101 Å². The van der Waals surface area contributed by atoms with Crippen molar-refractivity contribution in [1.29, 1.82) is 0 Å². The molecule has 15 heteroatoms. The predicted octanol–water partition coefficient (Wildman–Crippen LogP) is 5.58. The summed E-state index contributed by atoms with van der Waals surface area (Å²) in [7, 11) is 4.51. The van der Waals surface area contributed by atoms with Gasteiger partial charge < -0.3 is 43.5 Å². The molecule has 66 heavy (non-hydrogen) atoms. The zero-order valence-electron chi connectivity index (χ0n) is 40.4. The molecule has 16 atom stereocenters. The number of hydrogen-bond acceptors (Lipinski definition) is 14. The summed E-state index contributed by atoms with van der Waals surface area (Å²) in [4.78, 5) is 83.5. The van der Waals surface area contributed by atoms with Gasteiger partial charge in [0, 0.05) is 64.4 Å². The van der Waals surface area contributed by atoms with Crippen LogP contribution in [0.5, 0.6) is 0 Å². The van der Waals surface area contributed by atoms with Gasteiger partial charge in [-0.1, -0.05) is 64.2 Å². The Morgan fingerprint density at radius 2 is 1.61 bits per heavy atom. The number of methoxy groups -OCH3 is 3. The summed E-state index contributed by atoms with van der Waals surface area (Å²) in [5.41, 5.74) is 1.26. The summed E-state index contributed by atoms with van der Waals surface area (Å²) in [5, 5.41) is 23.5. The van der Waals surface area contributed by atoms with Gasteiger partial charge in [-0.3, -0.25) is 24.0 Å². The zero-order valence-corrected chi connectivity index (χ0v) is 40.4. The van der Waals surface area contributed by atoms with Crippen LogP contribution in [0.15, 0.2) is 47.6 Å². The molecule has 15 nitrogen and oxygen atoms in total. The van der Waals surface area contributed by atoms with E-state index in [9.17, 15) is 39.0 Å². The van der Waals surface area contributed by atoms with Crippen LogP contribution in [-0.2, 0) is 57.2 Å². The highest BCUT2D eigenvalue weighted by atomic mass is 16.6. The second kappa shape index (κ2) is 23.9. The SMILES string of the molecule is CO[C@H]1C[C@@H]2CC[C@@H](C)[C@@](O)(O2)C(=O)C(=O)N2CCCC3[C@H]2C(=O)O[C@@H](CC(=O)[C@H](C)/C=C(\C)[C@@H](O)[C@@H](OC)C(=O)[C@H](C)C[C@H](C)/C=C/C=C/C=C/1C)[C@H]3C[C@@H]1CC[C@@H](OC=O)[C@H](OC)C1. The standard InChI is InChI=1S/C51H75NO14/c1-29-14-11-10-12-15-30(2)41(61-7)26-36-19-17-34(6)51(60,66-36)48(57)49(58)52-21-13-16-37-38(24-35-18-20-40(64-28-53)43(25-35)62-8)42(65-50(59)44(37)52)27-39(54)31(3)23-33(5)46(56)47(63-9)45(55)32(4)22-29/h10-12,14-15,23,28-29,31-32,34-38,40-44,46-47,56,60H,13,16-22,24-27H2,1-9H3/b12-10+,14-11+,30-15+,33-23+/t29-,31-,32-,34-,35+,36+,37?,38+,40-,41+,42+,43-,44+,46-,47+,51-/m1/s1. The Bertz CT molecular complexity index is 1860. The normalized spacial score (nSPS) is 42.1. The number of rotatable bonds is 7. The molecule has 2 N–H and O–H groups in total. The first kappa shape index (κ1) is 53.1. The summed E-state index contributed by atoms with van der Waals surface area (Å²) in [6, 6.07) is -1.15. The molecular weight excluding hydrogens is 851 g/mol.